The van der Waals surface area contributed by atoms with Crippen molar-refractivity contribution in [3.05, 3.63) is 82.9 Å². The number of aromatic nitrogens is 1. The van der Waals surface area contributed by atoms with Crippen molar-refractivity contribution in [3.63, 3.8) is 0 Å². The number of nitrogen functional groups attached to an aromatic ring is 1. The number of nitrogens with zero attached hydrogens (tertiary/aromatic N) is 3. The maximum Gasteiger partial charge on any atom is 0.255 e. The number of anilines is 1. The van der Waals surface area contributed by atoms with E-state index in [1.165, 1.54) is 17.2 Å². The van der Waals surface area contributed by atoms with Crippen LogP contribution in [0.25, 0.3) is 11.1 Å². The molecule has 3 aromatic rings. The van der Waals surface area contributed by atoms with Gasteiger partial charge in [-0.3, -0.25) is 14.8 Å². The van der Waals surface area contributed by atoms with Crippen LogP contribution in [0.2, 0.25) is 0 Å². The van der Waals surface area contributed by atoms with Crippen LogP contribution >= 0.6 is 0 Å². The number of hydrogen-bond acceptors (Lipinski definition) is 4. The van der Waals surface area contributed by atoms with Gasteiger partial charge < -0.3 is 10.6 Å². The monoisotopic (exact) mass is 394 g/mol. The summed E-state index contributed by atoms with van der Waals surface area (Å²) in [6.07, 6.45) is 3.18. The molecular weight excluding hydrogens is 377 g/mol. The summed E-state index contributed by atoms with van der Waals surface area (Å²) in [5, 5.41) is -1.61. The number of aliphatic imine (C=N–C) groups is 1. The third kappa shape index (κ3) is 3.28. The largest absolute Gasteiger partial charge is 0.398 e. The standard InChI is InChI=1S/C22H17B2FN4O/c1-27-11-15-6-4-14(10-19(15)26)13-5-7-16(18(25)9-13)12-29-21(30)17-3-2-8-28-20(17)22(29,23)24/h2-11H,12,26H2,1H3. The van der Waals surface area contributed by atoms with E-state index in [2.05, 4.69) is 9.98 Å². The van der Waals surface area contributed by atoms with E-state index in [9.17, 15) is 9.18 Å². The van der Waals surface area contributed by atoms with Crippen LogP contribution in [0.5, 0.6) is 0 Å². The van der Waals surface area contributed by atoms with E-state index >= 15 is 0 Å². The predicted molar refractivity (Wildman–Crippen MR) is 117 cm³/mol. The summed E-state index contributed by atoms with van der Waals surface area (Å²) in [5.41, 5.74) is 9.71. The molecule has 2 aromatic carbocycles. The van der Waals surface area contributed by atoms with Crippen molar-refractivity contribution in [2.45, 2.75) is 11.9 Å². The third-order valence-electron chi connectivity index (χ3n) is 5.18. The molecule has 0 bridgehead atoms. The minimum Gasteiger partial charge on any atom is -0.398 e. The molecule has 0 saturated heterocycles. The molecule has 0 unspecified atom stereocenters. The molecule has 0 spiro atoms. The van der Waals surface area contributed by atoms with E-state index in [-0.39, 0.29) is 18.1 Å². The topological polar surface area (TPSA) is 71.6 Å². The third-order valence-corrected chi connectivity index (χ3v) is 5.18. The lowest BCUT2D eigenvalue weighted by Crippen LogP contribution is -2.44. The normalized spacial score (nSPS) is 15.0. The van der Waals surface area contributed by atoms with Crippen LogP contribution in [0.3, 0.4) is 0 Å². The number of fused-ring (bicyclic) bond motifs is 1. The van der Waals surface area contributed by atoms with Crippen LogP contribution in [0, 0.1) is 5.82 Å². The molecule has 1 aliphatic rings. The van der Waals surface area contributed by atoms with E-state index in [0.29, 0.717) is 22.4 Å². The number of pyridine rings is 1. The molecule has 2 heterocycles. The summed E-state index contributed by atoms with van der Waals surface area (Å²) < 4.78 is 14.9. The highest BCUT2D eigenvalue weighted by Gasteiger charge is 2.42. The molecule has 0 aliphatic carbocycles. The van der Waals surface area contributed by atoms with Gasteiger partial charge in [0.05, 0.1) is 26.9 Å². The molecule has 1 aromatic heterocycles. The number of nitrogens with two attached hydrogens (primary N) is 1. The van der Waals surface area contributed by atoms with Crippen molar-refractivity contribution < 1.29 is 9.18 Å². The summed E-state index contributed by atoms with van der Waals surface area (Å²) in [6, 6.07) is 13.5. The van der Waals surface area contributed by atoms with Crippen molar-refractivity contribution in [1.82, 2.24) is 9.88 Å². The first kappa shape index (κ1) is 19.9. The fourth-order valence-corrected chi connectivity index (χ4v) is 3.58. The molecule has 0 saturated carbocycles. The molecule has 144 valence electrons. The fourth-order valence-electron chi connectivity index (χ4n) is 3.58. The van der Waals surface area contributed by atoms with Crippen LogP contribution in [0.15, 0.2) is 59.7 Å². The predicted octanol–water partition coefficient (Wildman–Crippen LogP) is 2.62. The van der Waals surface area contributed by atoms with Crippen LogP contribution < -0.4 is 5.73 Å². The van der Waals surface area contributed by atoms with Gasteiger partial charge in [0.2, 0.25) is 0 Å². The number of hydrogen-bond donors (Lipinski definition) is 1. The molecule has 30 heavy (non-hydrogen) atoms. The number of benzene rings is 2. The molecule has 1 amide bonds. The average molecular weight is 394 g/mol. The van der Waals surface area contributed by atoms with Gasteiger partial charge in [-0.25, -0.2) is 4.39 Å². The second-order valence-electron chi connectivity index (χ2n) is 7.15. The number of amides is 1. The summed E-state index contributed by atoms with van der Waals surface area (Å²) in [4.78, 5) is 22.0. The summed E-state index contributed by atoms with van der Waals surface area (Å²) in [7, 11) is 14.0. The van der Waals surface area contributed by atoms with Gasteiger partial charge in [-0.1, -0.05) is 24.3 Å². The number of carbonyl (C=O) groups is 1. The van der Waals surface area contributed by atoms with Gasteiger partial charge in [0.25, 0.3) is 5.91 Å². The Morgan fingerprint density at radius 2 is 1.93 bits per heavy atom. The summed E-state index contributed by atoms with van der Waals surface area (Å²) in [5.74, 6) is -0.856. The Morgan fingerprint density at radius 3 is 2.60 bits per heavy atom. The first-order chi connectivity index (χ1) is 14.3. The summed E-state index contributed by atoms with van der Waals surface area (Å²) >= 11 is 0. The molecule has 1 aliphatic heterocycles. The van der Waals surface area contributed by atoms with E-state index in [0.717, 1.165) is 11.1 Å². The Balaban J connectivity index is 1.62. The minimum absolute atomic E-state index is 0.0810. The molecular formula is C22H17B2FN4O. The number of halogens is 1. The van der Waals surface area contributed by atoms with Gasteiger partial charge in [0.15, 0.2) is 0 Å². The van der Waals surface area contributed by atoms with Crippen molar-refractivity contribution in [2.75, 3.05) is 12.8 Å². The molecule has 2 N–H and O–H groups in total. The van der Waals surface area contributed by atoms with E-state index in [4.69, 9.17) is 21.4 Å². The molecule has 4 rings (SSSR count). The van der Waals surface area contributed by atoms with Crippen molar-refractivity contribution in [1.29, 1.82) is 0 Å². The number of rotatable bonds is 4. The smallest absolute Gasteiger partial charge is 0.255 e. The minimum atomic E-state index is -1.61. The van der Waals surface area contributed by atoms with Crippen molar-refractivity contribution >= 4 is 33.5 Å². The van der Waals surface area contributed by atoms with Crippen LogP contribution in [-0.2, 0) is 11.9 Å². The van der Waals surface area contributed by atoms with Gasteiger partial charge >= 0.3 is 0 Å². The second kappa shape index (κ2) is 7.44. The van der Waals surface area contributed by atoms with Crippen LogP contribution in [0.4, 0.5) is 10.1 Å². The van der Waals surface area contributed by atoms with Crippen molar-refractivity contribution in [2.24, 2.45) is 4.99 Å². The lowest BCUT2D eigenvalue weighted by atomic mass is 9.59. The fraction of sp³-hybridized carbons (Fsp3) is 0.136. The lowest BCUT2D eigenvalue weighted by Gasteiger charge is -2.33. The van der Waals surface area contributed by atoms with E-state index in [1.54, 1.807) is 43.6 Å². The van der Waals surface area contributed by atoms with Gasteiger partial charge in [-0.05, 0) is 35.4 Å². The first-order valence-electron chi connectivity index (χ1n) is 9.28. The molecule has 4 radical (unpaired) electrons. The first-order valence-corrected chi connectivity index (χ1v) is 9.28. The van der Waals surface area contributed by atoms with Gasteiger partial charge in [0, 0.05) is 48.2 Å². The number of carbonyl (C=O) groups excluding carboxylic acids is 1. The van der Waals surface area contributed by atoms with Gasteiger partial charge in [-0.15, -0.1) is 0 Å². The van der Waals surface area contributed by atoms with E-state index < -0.39 is 11.2 Å². The second-order valence-corrected chi connectivity index (χ2v) is 7.15. The van der Waals surface area contributed by atoms with Crippen LogP contribution in [0.1, 0.15) is 27.2 Å². The Labute approximate surface area is 176 Å². The Hall–Kier alpha value is -3.41. The molecule has 0 atom stereocenters. The van der Waals surface area contributed by atoms with Crippen LogP contribution in [-0.4, -0.2) is 44.7 Å². The van der Waals surface area contributed by atoms with E-state index in [1.807, 2.05) is 12.1 Å². The highest BCUT2D eigenvalue weighted by atomic mass is 19.1. The molecule has 5 nitrogen and oxygen atoms in total. The van der Waals surface area contributed by atoms with Crippen molar-refractivity contribution in [3.8, 4) is 11.1 Å². The Kier molecular flexibility index (Phi) is 4.94. The average Bonchev–Trinajstić information content (AvgIpc) is 2.92. The Bertz CT molecular complexity index is 1180. The SMILES string of the molecule is [B]C1([B])c2ncccc2C(=O)N1Cc1ccc(-c2ccc(C=NC)c(N)c2)cc1F. The maximum atomic E-state index is 14.9. The van der Waals surface area contributed by atoms with Gasteiger partial charge in [-0.2, -0.15) is 0 Å². The highest BCUT2D eigenvalue weighted by Crippen LogP contribution is 2.35. The zero-order valence-corrected chi connectivity index (χ0v) is 16.3. The molecule has 0 fully saturated rings. The zero-order chi connectivity index (χ0) is 21.5. The highest BCUT2D eigenvalue weighted by molar-refractivity contribution is 6.42. The van der Waals surface area contributed by atoms with Gasteiger partial charge in [0.1, 0.15) is 5.82 Å². The molecule has 8 heteroatoms. The zero-order valence-electron chi connectivity index (χ0n) is 16.3. The maximum absolute atomic E-state index is 14.9. The Morgan fingerprint density at radius 1 is 1.20 bits per heavy atom. The lowest BCUT2D eigenvalue weighted by molar-refractivity contribution is 0.0729. The quantitative estimate of drug-likeness (QED) is 0.420. The summed E-state index contributed by atoms with van der Waals surface area (Å²) in [6.45, 7) is -0.0810.